The van der Waals surface area contributed by atoms with Crippen molar-refractivity contribution in [2.24, 2.45) is 0 Å². The Balaban J connectivity index is 3.01. The molecular formula is C6H6ClNO2. The summed E-state index contributed by atoms with van der Waals surface area (Å²) in [5.41, 5.74) is 0.337. The molecule has 1 aromatic heterocycles. The molecule has 0 amide bonds. The summed E-state index contributed by atoms with van der Waals surface area (Å²) < 4.78 is 1.30. The molecule has 4 heteroatoms. The van der Waals surface area contributed by atoms with Gasteiger partial charge in [-0.1, -0.05) is 0 Å². The second kappa shape index (κ2) is 2.75. The van der Waals surface area contributed by atoms with Crippen LogP contribution in [0.4, 0.5) is 0 Å². The Bertz CT molecular complexity index is 244. The van der Waals surface area contributed by atoms with Gasteiger partial charge in [-0.05, 0) is 23.7 Å². The zero-order valence-electron chi connectivity index (χ0n) is 5.37. The molecule has 0 saturated carbocycles. The van der Waals surface area contributed by atoms with E-state index in [1.807, 2.05) is 0 Å². The Hall–Kier alpha value is -0.960. The number of hydrogen-bond donors (Lipinski definition) is 0. The van der Waals surface area contributed by atoms with Crippen LogP contribution in [0, 0.1) is 0 Å². The number of aromatic nitrogens is 1. The summed E-state index contributed by atoms with van der Waals surface area (Å²) in [5, 5.41) is -0.521. The first-order valence-electron chi connectivity index (χ1n) is 2.67. The van der Waals surface area contributed by atoms with Crippen LogP contribution in [0.3, 0.4) is 0 Å². The second-order valence-electron chi connectivity index (χ2n) is 1.68. The summed E-state index contributed by atoms with van der Waals surface area (Å²) in [6, 6.07) is 3.26. The van der Waals surface area contributed by atoms with Crippen LogP contribution in [0.5, 0.6) is 0 Å². The molecule has 1 rings (SSSR count). The summed E-state index contributed by atoms with van der Waals surface area (Å²) in [6.45, 7) is 0. The summed E-state index contributed by atoms with van der Waals surface area (Å²) in [4.78, 5) is 15.3. The zero-order chi connectivity index (χ0) is 7.56. The van der Waals surface area contributed by atoms with Crippen molar-refractivity contribution >= 4 is 16.8 Å². The van der Waals surface area contributed by atoms with Crippen LogP contribution in [-0.4, -0.2) is 17.1 Å². The Morgan fingerprint density at radius 3 is 2.90 bits per heavy atom. The van der Waals surface area contributed by atoms with E-state index in [2.05, 4.69) is 0 Å². The van der Waals surface area contributed by atoms with Crippen molar-refractivity contribution < 1.29 is 9.63 Å². The number of carbonyl (C=O) groups excluding carboxylic acids is 1. The van der Waals surface area contributed by atoms with Gasteiger partial charge in [0, 0.05) is 6.20 Å². The van der Waals surface area contributed by atoms with Gasteiger partial charge in [-0.15, -0.1) is 0 Å². The Labute approximate surface area is 63.1 Å². The average molecular weight is 160 g/mol. The minimum absolute atomic E-state index is 0.337. The van der Waals surface area contributed by atoms with E-state index in [0.29, 0.717) is 5.69 Å². The van der Waals surface area contributed by atoms with Crippen LogP contribution in [-0.2, 0) is 0 Å². The fourth-order valence-corrected chi connectivity index (χ4v) is 0.824. The van der Waals surface area contributed by atoms with Gasteiger partial charge in [0.25, 0.3) is 5.24 Å². The van der Waals surface area contributed by atoms with Crippen molar-refractivity contribution in [3.05, 3.63) is 24.0 Å². The van der Waals surface area contributed by atoms with Gasteiger partial charge in [-0.25, -0.2) is 0 Å². The fourth-order valence-electron chi connectivity index (χ4n) is 0.677. The van der Waals surface area contributed by atoms with Crippen molar-refractivity contribution in [3.63, 3.8) is 0 Å². The van der Waals surface area contributed by atoms with Gasteiger partial charge in [-0.3, -0.25) is 4.79 Å². The summed E-state index contributed by atoms with van der Waals surface area (Å²) in [6.07, 6.45) is 1.61. The molecule has 10 heavy (non-hydrogen) atoms. The van der Waals surface area contributed by atoms with E-state index < -0.39 is 5.24 Å². The number of hydrogen-bond acceptors (Lipinski definition) is 2. The van der Waals surface area contributed by atoms with Gasteiger partial charge in [0.05, 0.1) is 0 Å². The van der Waals surface area contributed by atoms with Gasteiger partial charge in [0.15, 0.2) is 0 Å². The Kier molecular flexibility index (Phi) is 1.97. The topological polar surface area (TPSA) is 31.2 Å². The molecule has 0 unspecified atom stereocenters. The van der Waals surface area contributed by atoms with Crippen LogP contribution in [0.15, 0.2) is 18.3 Å². The van der Waals surface area contributed by atoms with Crippen molar-refractivity contribution in [3.8, 4) is 0 Å². The molecule has 0 N–H and O–H groups in total. The lowest BCUT2D eigenvalue weighted by atomic mass is 10.5. The maximum atomic E-state index is 10.6. The molecule has 54 valence electrons. The van der Waals surface area contributed by atoms with Crippen molar-refractivity contribution in [2.45, 2.75) is 0 Å². The fraction of sp³-hybridized carbons (Fsp3) is 0.167. The molecule has 0 aliphatic carbocycles. The van der Waals surface area contributed by atoms with Crippen LogP contribution in [0.1, 0.15) is 10.5 Å². The molecule has 0 atom stereocenters. The second-order valence-corrected chi connectivity index (χ2v) is 2.02. The van der Waals surface area contributed by atoms with Crippen LogP contribution < -0.4 is 4.84 Å². The number of nitrogens with zero attached hydrogens (tertiary/aromatic N) is 1. The van der Waals surface area contributed by atoms with Crippen molar-refractivity contribution in [1.29, 1.82) is 0 Å². The maximum absolute atomic E-state index is 10.6. The Morgan fingerprint density at radius 1 is 1.80 bits per heavy atom. The van der Waals surface area contributed by atoms with E-state index in [1.165, 1.54) is 11.8 Å². The average Bonchev–Trinajstić information content (AvgIpc) is 2.33. The van der Waals surface area contributed by atoms with E-state index in [9.17, 15) is 4.79 Å². The van der Waals surface area contributed by atoms with Gasteiger partial charge >= 0.3 is 0 Å². The molecule has 1 heterocycles. The molecule has 0 saturated heterocycles. The molecule has 0 aliphatic heterocycles. The quantitative estimate of drug-likeness (QED) is 0.601. The maximum Gasteiger partial charge on any atom is 0.272 e. The molecule has 0 aliphatic rings. The standard InChI is InChI=1S/C6H6ClNO2/c1-10-8-4-2-3-5(8)6(7)9/h2-4H,1H3. The van der Waals surface area contributed by atoms with Crippen LogP contribution >= 0.6 is 11.6 Å². The highest BCUT2D eigenvalue weighted by Gasteiger charge is 2.06. The highest BCUT2D eigenvalue weighted by atomic mass is 35.5. The largest absolute Gasteiger partial charge is 0.417 e. The third-order valence-electron chi connectivity index (χ3n) is 1.11. The molecule has 3 nitrogen and oxygen atoms in total. The molecule has 1 aromatic rings. The third kappa shape index (κ3) is 1.14. The summed E-state index contributed by atoms with van der Waals surface area (Å²) >= 11 is 5.19. The smallest absolute Gasteiger partial charge is 0.272 e. The molecule has 0 fully saturated rings. The normalized spacial score (nSPS) is 9.40. The van der Waals surface area contributed by atoms with Crippen LogP contribution in [0.25, 0.3) is 0 Å². The minimum Gasteiger partial charge on any atom is -0.417 e. The van der Waals surface area contributed by atoms with E-state index in [1.54, 1.807) is 18.3 Å². The number of carbonyl (C=O) groups is 1. The number of halogens is 1. The van der Waals surface area contributed by atoms with E-state index in [4.69, 9.17) is 16.4 Å². The molecule has 0 spiro atoms. The monoisotopic (exact) mass is 159 g/mol. The summed E-state index contributed by atoms with van der Waals surface area (Å²) in [5.74, 6) is 0. The molecule has 0 radical (unpaired) electrons. The minimum atomic E-state index is -0.521. The van der Waals surface area contributed by atoms with Crippen LogP contribution in [0.2, 0.25) is 0 Å². The predicted molar refractivity (Wildman–Crippen MR) is 37.1 cm³/mol. The van der Waals surface area contributed by atoms with Crippen molar-refractivity contribution in [1.82, 2.24) is 4.73 Å². The number of rotatable bonds is 2. The van der Waals surface area contributed by atoms with Crippen molar-refractivity contribution in [2.75, 3.05) is 7.11 Å². The predicted octanol–water partition coefficient (Wildman–Crippen LogP) is 0.925. The van der Waals surface area contributed by atoms with Gasteiger partial charge in [0.2, 0.25) is 0 Å². The SMILES string of the molecule is COn1cccc1C(=O)Cl. The lowest BCUT2D eigenvalue weighted by Gasteiger charge is -2.00. The van der Waals surface area contributed by atoms with E-state index in [-0.39, 0.29) is 0 Å². The molecule has 0 aromatic carbocycles. The summed E-state index contributed by atoms with van der Waals surface area (Å²) in [7, 11) is 1.46. The first-order chi connectivity index (χ1) is 4.75. The lowest BCUT2D eigenvalue weighted by molar-refractivity contribution is 0.102. The first-order valence-corrected chi connectivity index (χ1v) is 3.05. The molecular weight excluding hydrogens is 154 g/mol. The first kappa shape index (κ1) is 7.15. The third-order valence-corrected chi connectivity index (χ3v) is 1.30. The zero-order valence-corrected chi connectivity index (χ0v) is 6.13. The lowest BCUT2D eigenvalue weighted by Crippen LogP contribution is -2.09. The molecule has 0 bridgehead atoms. The van der Waals surface area contributed by atoms with Gasteiger partial charge < -0.3 is 4.84 Å². The highest BCUT2D eigenvalue weighted by molar-refractivity contribution is 6.67. The Morgan fingerprint density at radius 2 is 2.50 bits per heavy atom. The van der Waals surface area contributed by atoms with Gasteiger partial charge in [0.1, 0.15) is 12.8 Å². The van der Waals surface area contributed by atoms with Gasteiger partial charge in [-0.2, -0.15) is 4.73 Å². The van der Waals surface area contributed by atoms with E-state index >= 15 is 0 Å². The van der Waals surface area contributed by atoms with E-state index in [0.717, 1.165) is 0 Å². The highest BCUT2D eigenvalue weighted by Crippen LogP contribution is 2.02.